The normalized spacial score (nSPS) is 10.5. The van der Waals surface area contributed by atoms with E-state index in [0.717, 1.165) is 12.1 Å². The second kappa shape index (κ2) is 7.79. The SMILES string of the molecule is CC.CCC/C(=C\c1ccc[nH]1)[N+](=O)[O-]. The van der Waals surface area contributed by atoms with Crippen LogP contribution >= 0.6 is 0 Å². The van der Waals surface area contributed by atoms with Crippen LogP contribution in [-0.2, 0) is 0 Å². The van der Waals surface area contributed by atoms with Crippen molar-refractivity contribution in [2.75, 3.05) is 0 Å². The van der Waals surface area contributed by atoms with Crippen molar-refractivity contribution in [2.45, 2.75) is 33.6 Å². The first kappa shape index (κ1) is 13.4. The molecular weight excluding hydrogens is 192 g/mol. The van der Waals surface area contributed by atoms with Crippen molar-refractivity contribution in [1.29, 1.82) is 0 Å². The summed E-state index contributed by atoms with van der Waals surface area (Å²) < 4.78 is 0. The number of nitrogens with one attached hydrogen (secondary N) is 1. The number of hydrogen-bond donors (Lipinski definition) is 1. The van der Waals surface area contributed by atoms with Crippen molar-refractivity contribution in [2.24, 2.45) is 0 Å². The molecule has 0 bridgehead atoms. The summed E-state index contributed by atoms with van der Waals surface area (Å²) in [5.74, 6) is 0. The monoisotopic (exact) mass is 210 g/mol. The molecule has 0 aromatic carbocycles. The Hall–Kier alpha value is -1.58. The lowest BCUT2D eigenvalue weighted by atomic mass is 10.2. The first-order valence-corrected chi connectivity index (χ1v) is 5.22. The Bertz CT molecular complexity index is 302. The van der Waals surface area contributed by atoms with Gasteiger partial charge >= 0.3 is 0 Å². The third kappa shape index (κ3) is 5.00. The zero-order valence-electron chi connectivity index (χ0n) is 9.49. The van der Waals surface area contributed by atoms with E-state index >= 15 is 0 Å². The van der Waals surface area contributed by atoms with Crippen molar-refractivity contribution in [3.05, 3.63) is 39.8 Å². The Labute approximate surface area is 90.2 Å². The average molecular weight is 210 g/mol. The third-order valence-electron chi connectivity index (χ3n) is 1.68. The summed E-state index contributed by atoms with van der Waals surface area (Å²) >= 11 is 0. The van der Waals surface area contributed by atoms with Gasteiger partial charge in [0.15, 0.2) is 0 Å². The highest BCUT2D eigenvalue weighted by Crippen LogP contribution is 2.10. The van der Waals surface area contributed by atoms with Gasteiger partial charge in [-0.3, -0.25) is 10.1 Å². The van der Waals surface area contributed by atoms with Crippen LogP contribution in [0, 0.1) is 10.1 Å². The smallest absolute Gasteiger partial charge is 0.248 e. The lowest BCUT2D eigenvalue weighted by molar-refractivity contribution is -0.426. The van der Waals surface area contributed by atoms with Gasteiger partial charge in [0.2, 0.25) is 5.70 Å². The van der Waals surface area contributed by atoms with Crippen molar-refractivity contribution >= 4 is 6.08 Å². The molecule has 1 heterocycles. The summed E-state index contributed by atoms with van der Waals surface area (Å²) in [5, 5.41) is 10.5. The number of hydrogen-bond acceptors (Lipinski definition) is 2. The van der Waals surface area contributed by atoms with Crippen LogP contribution in [0.1, 0.15) is 39.3 Å². The fourth-order valence-electron chi connectivity index (χ4n) is 1.09. The summed E-state index contributed by atoms with van der Waals surface area (Å²) in [6, 6.07) is 3.62. The minimum absolute atomic E-state index is 0.255. The van der Waals surface area contributed by atoms with Crippen LogP contribution in [0.2, 0.25) is 0 Å². The van der Waals surface area contributed by atoms with Crippen LogP contribution in [-0.4, -0.2) is 9.91 Å². The van der Waals surface area contributed by atoms with E-state index in [1.54, 1.807) is 18.3 Å². The maximum atomic E-state index is 10.5. The van der Waals surface area contributed by atoms with Crippen LogP contribution in [0.25, 0.3) is 6.08 Å². The summed E-state index contributed by atoms with van der Waals surface area (Å²) in [7, 11) is 0. The number of allylic oxidation sites excluding steroid dienone is 1. The predicted octanol–water partition coefficient (Wildman–Crippen LogP) is 3.46. The summed E-state index contributed by atoms with van der Waals surface area (Å²) in [6.45, 7) is 5.92. The number of aromatic amines is 1. The molecule has 0 saturated carbocycles. The standard InChI is InChI=1S/C9H12N2O2.C2H6/c1-2-4-9(11(12)13)7-8-5-3-6-10-8;1-2/h3,5-7,10H,2,4H2,1H3;1-2H3/b9-7+;. The quantitative estimate of drug-likeness (QED) is 0.611. The topological polar surface area (TPSA) is 58.9 Å². The van der Waals surface area contributed by atoms with Gasteiger partial charge in [0.1, 0.15) is 0 Å². The van der Waals surface area contributed by atoms with Gasteiger partial charge in [-0.05, 0) is 18.6 Å². The Morgan fingerprint density at radius 1 is 1.60 bits per heavy atom. The Kier molecular flexibility index (Phi) is 6.97. The van der Waals surface area contributed by atoms with E-state index in [2.05, 4.69) is 4.98 Å². The summed E-state index contributed by atoms with van der Waals surface area (Å²) in [5.41, 5.74) is 1.03. The van der Waals surface area contributed by atoms with Crippen LogP contribution in [0.3, 0.4) is 0 Å². The van der Waals surface area contributed by atoms with Crippen LogP contribution in [0.15, 0.2) is 24.0 Å². The molecule has 0 spiro atoms. The van der Waals surface area contributed by atoms with Gasteiger partial charge in [0.25, 0.3) is 0 Å². The molecule has 15 heavy (non-hydrogen) atoms. The Balaban J connectivity index is 0.000000921. The number of nitro groups is 1. The lowest BCUT2D eigenvalue weighted by Gasteiger charge is -1.94. The molecule has 0 aliphatic heterocycles. The molecule has 4 nitrogen and oxygen atoms in total. The zero-order valence-corrected chi connectivity index (χ0v) is 9.49. The van der Waals surface area contributed by atoms with Gasteiger partial charge in [0, 0.05) is 24.4 Å². The Morgan fingerprint density at radius 2 is 2.27 bits per heavy atom. The molecule has 0 unspecified atom stereocenters. The van der Waals surface area contributed by atoms with Crippen molar-refractivity contribution in [1.82, 2.24) is 4.98 Å². The second-order valence-electron chi connectivity index (χ2n) is 2.77. The summed E-state index contributed by atoms with van der Waals surface area (Å²) in [6.07, 6.45) is 4.61. The Morgan fingerprint density at radius 3 is 2.67 bits per heavy atom. The molecule has 0 fully saturated rings. The zero-order chi connectivity index (χ0) is 11.7. The highest BCUT2D eigenvalue weighted by molar-refractivity contribution is 5.46. The highest BCUT2D eigenvalue weighted by Gasteiger charge is 2.08. The molecule has 0 aliphatic carbocycles. The maximum absolute atomic E-state index is 10.5. The van der Waals surface area contributed by atoms with Gasteiger partial charge in [-0.2, -0.15) is 0 Å². The summed E-state index contributed by atoms with van der Waals surface area (Å²) in [4.78, 5) is 13.1. The van der Waals surface area contributed by atoms with Crippen LogP contribution < -0.4 is 0 Å². The number of H-pyrrole nitrogens is 1. The third-order valence-corrected chi connectivity index (χ3v) is 1.68. The second-order valence-corrected chi connectivity index (χ2v) is 2.77. The first-order chi connectivity index (χ1) is 7.24. The molecule has 1 rings (SSSR count). The average Bonchev–Trinajstić information content (AvgIpc) is 2.73. The van der Waals surface area contributed by atoms with Crippen molar-refractivity contribution in [3.63, 3.8) is 0 Å². The maximum Gasteiger partial charge on any atom is 0.248 e. The van der Waals surface area contributed by atoms with E-state index in [1.165, 1.54) is 0 Å². The molecule has 0 atom stereocenters. The molecule has 84 valence electrons. The number of nitrogens with zero attached hydrogens (tertiary/aromatic N) is 1. The van der Waals surface area contributed by atoms with Crippen LogP contribution in [0.4, 0.5) is 0 Å². The van der Waals surface area contributed by atoms with E-state index in [1.807, 2.05) is 26.8 Å². The fraction of sp³-hybridized carbons (Fsp3) is 0.455. The highest BCUT2D eigenvalue weighted by atomic mass is 16.6. The van der Waals surface area contributed by atoms with Gasteiger partial charge in [0.05, 0.1) is 4.92 Å². The molecular formula is C11H18N2O2. The number of aromatic nitrogens is 1. The first-order valence-electron chi connectivity index (χ1n) is 5.22. The van der Waals surface area contributed by atoms with Crippen molar-refractivity contribution in [3.8, 4) is 0 Å². The molecule has 1 aromatic heterocycles. The predicted molar refractivity (Wildman–Crippen MR) is 62.0 cm³/mol. The minimum Gasteiger partial charge on any atom is -0.361 e. The molecule has 0 radical (unpaired) electrons. The van der Waals surface area contributed by atoms with Gasteiger partial charge in [-0.25, -0.2) is 0 Å². The van der Waals surface area contributed by atoms with Gasteiger partial charge in [-0.1, -0.05) is 20.8 Å². The largest absolute Gasteiger partial charge is 0.361 e. The molecule has 0 aliphatic rings. The van der Waals surface area contributed by atoms with Crippen LogP contribution in [0.5, 0.6) is 0 Å². The number of rotatable bonds is 4. The molecule has 0 amide bonds. The molecule has 1 aromatic rings. The van der Waals surface area contributed by atoms with Crippen molar-refractivity contribution < 1.29 is 4.92 Å². The lowest BCUT2D eigenvalue weighted by Crippen LogP contribution is -1.97. The van der Waals surface area contributed by atoms with E-state index < -0.39 is 0 Å². The van der Waals surface area contributed by atoms with E-state index in [0.29, 0.717) is 6.42 Å². The molecule has 0 saturated heterocycles. The van der Waals surface area contributed by atoms with E-state index in [4.69, 9.17) is 0 Å². The molecule has 1 N–H and O–H groups in total. The minimum atomic E-state index is -0.329. The fourth-order valence-corrected chi connectivity index (χ4v) is 1.09. The molecule has 4 heteroatoms. The van der Waals surface area contributed by atoms with E-state index in [9.17, 15) is 10.1 Å². The van der Waals surface area contributed by atoms with Gasteiger partial charge < -0.3 is 4.98 Å². The van der Waals surface area contributed by atoms with Gasteiger partial charge in [-0.15, -0.1) is 0 Å². The van der Waals surface area contributed by atoms with E-state index in [-0.39, 0.29) is 10.6 Å².